The van der Waals surface area contributed by atoms with Crippen molar-refractivity contribution in [1.29, 1.82) is 0 Å². The monoisotopic (exact) mass is 317 g/mol. The molecule has 0 amide bonds. The third kappa shape index (κ3) is 7.22. The quantitative estimate of drug-likeness (QED) is 0.732. The summed E-state index contributed by atoms with van der Waals surface area (Å²) in [6, 6.07) is 5.51. The molecule has 0 radical (unpaired) electrons. The summed E-state index contributed by atoms with van der Waals surface area (Å²) in [5.74, 6) is -0.553. The van der Waals surface area contributed by atoms with Crippen LogP contribution in [0.4, 0.5) is 0 Å². The summed E-state index contributed by atoms with van der Waals surface area (Å²) in [5.41, 5.74) is 6.21. The van der Waals surface area contributed by atoms with E-state index in [2.05, 4.69) is 0 Å². The average molecular weight is 317 g/mol. The first-order chi connectivity index (χ1) is 9.46. The molecule has 6 nitrogen and oxygen atoms in total. The maximum atomic E-state index is 10.7. The van der Waals surface area contributed by atoms with Crippen molar-refractivity contribution in [2.75, 3.05) is 0 Å². The summed E-state index contributed by atoms with van der Waals surface area (Å²) in [5, 5.41) is 8.23. The molecule has 0 aliphatic carbocycles. The minimum atomic E-state index is -4.05. The third-order valence-electron chi connectivity index (χ3n) is 2.85. The zero-order valence-electron chi connectivity index (χ0n) is 12.6. The van der Waals surface area contributed by atoms with Crippen LogP contribution >= 0.6 is 0 Å². The summed E-state index contributed by atoms with van der Waals surface area (Å²) in [6.45, 7) is 7.59. The highest BCUT2D eigenvalue weighted by Crippen LogP contribution is 2.16. The van der Waals surface area contributed by atoms with Gasteiger partial charge in [-0.15, -0.1) is 0 Å². The lowest BCUT2D eigenvalue weighted by Gasteiger charge is -2.07. The fraction of sp³-hybridized carbons (Fsp3) is 0.500. The van der Waals surface area contributed by atoms with Gasteiger partial charge >= 0.3 is 5.97 Å². The van der Waals surface area contributed by atoms with Gasteiger partial charge in [0.15, 0.2) is 0 Å². The fourth-order valence-electron chi connectivity index (χ4n) is 1.31. The number of nitrogens with two attached hydrogens (primary N) is 1. The molecular formula is C14H23NO5S. The van der Waals surface area contributed by atoms with Crippen LogP contribution in [0.1, 0.15) is 39.2 Å². The molecule has 0 aliphatic heterocycles. The van der Waals surface area contributed by atoms with E-state index in [-0.39, 0.29) is 10.8 Å². The molecule has 0 fully saturated rings. The maximum absolute atomic E-state index is 10.7. The third-order valence-corrected chi connectivity index (χ3v) is 3.72. The van der Waals surface area contributed by atoms with Crippen molar-refractivity contribution in [3.63, 3.8) is 0 Å². The highest BCUT2D eigenvalue weighted by molar-refractivity contribution is 7.85. The molecule has 0 saturated carbocycles. The summed E-state index contributed by atoms with van der Waals surface area (Å²) < 4.78 is 30.0. The maximum Gasteiger partial charge on any atom is 0.320 e. The highest BCUT2D eigenvalue weighted by Gasteiger charge is 2.14. The van der Waals surface area contributed by atoms with Crippen molar-refractivity contribution >= 4 is 16.1 Å². The van der Waals surface area contributed by atoms with Crippen molar-refractivity contribution in [3.05, 3.63) is 29.8 Å². The predicted octanol–water partition coefficient (Wildman–Crippen LogP) is 2.11. The number of hydrogen-bond acceptors (Lipinski definition) is 4. The van der Waals surface area contributed by atoms with Gasteiger partial charge in [-0.3, -0.25) is 9.35 Å². The second kappa shape index (κ2) is 8.11. The minimum Gasteiger partial charge on any atom is -0.480 e. The molecule has 0 saturated heterocycles. The minimum absolute atomic E-state index is 0.0208. The van der Waals surface area contributed by atoms with Crippen LogP contribution in [0.15, 0.2) is 29.2 Å². The van der Waals surface area contributed by atoms with Crippen LogP contribution in [0.3, 0.4) is 0 Å². The number of carbonyl (C=O) groups is 1. The summed E-state index contributed by atoms with van der Waals surface area (Å²) >= 11 is 0. The van der Waals surface area contributed by atoms with E-state index in [0.717, 1.165) is 5.56 Å². The fourth-order valence-corrected chi connectivity index (χ4v) is 1.79. The van der Waals surface area contributed by atoms with E-state index in [1.54, 1.807) is 26.0 Å². The van der Waals surface area contributed by atoms with Crippen LogP contribution in [0.2, 0.25) is 0 Å². The van der Waals surface area contributed by atoms with Gasteiger partial charge in [0.1, 0.15) is 6.04 Å². The van der Waals surface area contributed by atoms with Crippen molar-refractivity contribution < 1.29 is 22.9 Å². The Labute approximate surface area is 125 Å². The van der Waals surface area contributed by atoms with Gasteiger partial charge in [0.25, 0.3) is 10.1 Å². The molecular weight excluding hydrogens is 294 g/mol. The molecule has 7 heteroatoms. The molecule has 0 aliphatic rings. The van der Waals surface area contributed by atoms with Crippen LogP contribution in [0.5, 0.6) is 0 Å². The largest absolute Gasteiger partial charge is 0.480 e. The molecule has 21 heavy (non-hydrogen) atoms. The van der Waals surface area contributed by atoms with Crippen molar-refractivity contribution in [3.8, 4) is 0 Å². The smallest absolute Gasteiger partial charge is 0.320 e. The molecule has 120 valence electrons. The summed E-state index contributed by atoms with van der Waals surface area (Å²) in [7, 11) is -4.05. The van der Waals surface area contributed by atoms with E-state index in [4.69, 9.17) is 15.4 Å². The highest BCUT2D eigenvalue weighted by atomic mass is 32.2. The van der Waals surface area contributed by atoms with Crippen LogP contribution in [0, 0.1) is 5.92 Å². The summed E-state index contributed by atoms with van der Waals surface area (Å²) in [4.78, 5) is 9.96. The lowest BCUT2D eigenvalue weighted by Crippen LogP contribution is -2.34. The number of benzene rings is 1. The van der Waals surface area contributed by atoms with E-state index in [1.807, 2.05) is 13.8 Å². The Balaban J connectivity index is 0.000000433. The molecule has 4 N–H and O–H groups in total. The first-order valence-electron chi connectivity index (χ1n) is 6.52. The molecule has 1 aromatic rings. The van der Waals surface area contributed by atoms with Gasteiger partial charge in [-0.2, -0.15) is 8.42 Å². The molecule has 1 aromatic carbocycles. The number of carboxylic acids is 1. The van der Waals surface area contributed by atoms with Crippen molar-refractivity contribution in [1.82, 2.24) is 0 Å². The van der Waals surface area contributed by atoms with Crippen molar-refractivity contribution in [2.24, 2.45) is 11.7 Å². The molecule has 0 spiro atoms. The normalized spacial score (nSPS) is 12.8. The molecule has 0 unspecified atom stereocenters. The van der Waals surface area contributed by atoms with Crippen LogP contribution in [0.25, 0.3) is 0 Å². The number of hydrogen-bond donors (Lipinski definition) is 3. The number of rotatable bonds is 4. The molecule has 1 atom stereocenters. The Kier molecular flexibility index (Phi) is 7.56. The second-order valence-corrected chi connectivity index (χ2v) is 6.73. The van der Waals surface area contributed by atoms with Crippen molar-refractivity contribution in [2.45, 2.75) is 44.6 Å². The Bertz CT molecular complexity index is 549. The molecule has 0 heterocycles. The van der Waals surface area contributed by atoms with Crippen LogP contribution in [-0.4, -0.2) is 30.1 Å². The Hall–Kier alpha value is -1.44. The lowest BCUT2D eigenvalue weighted by atomic mass is 10.0. The van der Waals surface area contributed by atoms with Gasteiger partial charge in [0.05, 0.1) is 4.90 Å². The van der Waals surface area contributed by atoms with E-state index >= 15 is 0 Å². The van der Waals surface area contributed by atoms with E-state index < -0.39 is 22.1 Å². The number of aliphatic carboxylic acids is 1. The van der Waals surface area contributed by atoms with Gasteiger partial charge in [-0.05, 0) is 29.5 Å². The van der Waals surface area contributed by atoms with E-state index in [9.17, 15) is 13.2 Å². The zero-order chi connectivity index (χ0) is 16.8. The molecule has 0 aromatic heterocycles. The Morgan fingerprint density at radius 1 is 1.10 bits per heavy atom. The topological polar surface area (TPSA) is 118 Å². The predicted molar refractivity (Wildman–Crippen MR) is 80.8 cm³/mol. The first-order valence-corrected chi connectivity index (χ1v) is 7.96. The molecule has 1 rings (SSSR count). The standard InChI is InChI=1S/C9H12O3S.C5H11NO2/c1-7(2)8-3-5-9(6-4-8)13(10,11)12;1-3(2)4(6)5(7)8/h3-7H,1-2H3,(H,10,11,12);3-4H,6H2,1-2H3,(H,7,8)/t;4-/m.0/s1. The van der Waals surface area contributed by atoms with Crippen LogP contribution in [-0.2, 0) is 14.9 Å². The second-order valence-electron chi connectivity index (χ2n) is 5.31. The van der Waals surface area contributed by atoms with Crippen LogP contribution < -0.4 is 5.73 Å². The zero-order valence-corrected chi connectivity index (χ0v) is 13.5. The lowest BCUT2D eigenvalue weighted by molar-refractivity contribution is -0.139. The van der Waals surface area contributed by atoms with Gasteiger partial charge in [0.2, 0.25) is 0 Å². The molecule has 0 bridgehead atoms. The van der Waals surface area contributed by atoms with Gasteiger partial charge < -0.3 is 10.8 Å². The Morgan fingerprint density at radius 3 is 1.71 bits per heavy atom. The van der Waals surface area contributed by atoms with E-state index in [1.165, 1.54) is 12.1 Å². The van der Waals surface area contributed by atoms with E-state index in [0.29, 0.717) is 5.92 Å². The average Bonchev–Trinajstić information content (AvgIpc) is 2.37. The first kappa shape index (κ1) is 19.6. The SMILES string of the molecule is CC(C)[C@H](N)C(=O)O.CC(C)c1ccc(S(=O)(=O)O)cc1. The van der Waals surface area contributed by atoms with Gasteiger partial charge in [-0.25, -0.2) is 0 Å². The number of carboxylic acid groups (broad SMARTS) is 1. The van der Waals surface area contributed by atoms with Gasteiger partial charge in [0, 0.05) is 0 Å². The Morgan fingerprint density at radius 2 is 1.52 bits per heavy atom. The summed E-state index contributed by atoms with van der Waals surface area (Å²) in [6.07, 6.45) is 0. The van der Waals surface area contributed by atoms with Gasteiger partial charge in [-0.1, -0.05) is 39.8 Å².